The molecule has 0 fully saturated rings. The van der Waals surface area contributed by atoms with E-state index in [9.17, 15) is 4.79 Å². The number of aromatic nitrogens is 3. The molecule has 1 aromatic carbocycles. The first-order valence-corrected chi connectivity index (χ1v) is 9.00. The number of carbonyl (C=O) groups excluding carboxylic acids is 1. The Labute approximate surface area is 164 Å². The van der Waals surface area contributed by atoms with Gasteiger partial charge in [0, 0.05) is 29.6 Å². The Morgan fingerprint density at radius 2 is 2.23 bits per heavy atom. The summed E-state index contributed by atoms with van der Waals surface area (Å²) in [5, 5.41) is 7.37. The van der Waals surface area contributed by atoms with Crippen molar-refractivity contribution in [3.05, 3.63) is 69.5 Å². The molecule has 0 bridgehead atoms. The highest BCUT2D eigenvalue weighted by atomic mass is 79.9. The van der Waals surface area contributed by atoms with Gasteiger partial charge >= 0.3 is 0 Å². The second-order valence-electron chi connectivity index (χ2n) is 5.57. The molecule has 8 heteroatoms. The molecule has 26 heavy (non-hydrogen) atoms. The Kier molecular flexibility index (Phi) is 5.90. The van der Waals surface area contributed by atoms with E-state index in [-0.39, 0.29) is 12.5 Å². The molecule has 3 aromatic rings. The van der Waals surface area contributed by atoms with Gasteiger partial charge in [0.1, 0.15) is 5.75 Å². The maximum Gasteiger partial charge on any atom is 0.258 e. The number of ether oxygens (including phenoxy) is 1. The van der Waals surface area contributed by atoms with E-state index in [4.69, 9.17) is 16.3 Å². The minimum absolute atomic E-state index is 0.110. The molecule has 3 rings (SSSR count). The summed E-state index contributed by atoms with van der Waals surface area (Å²) in [6.07, 6.45) is 5.21. The van der Waals surface area contributed by atoms with Crippen LogP contribution in [0.1, 0.15) is 11.1 Å². The average Bonchev–Trinajstić information content (AvgIpc) is 3.14. The van der Waals surface area contributed by atoms with Gasteiger partial charge in [-0.2, -0.15) is 5.10 Å². The van der Waals surface area contributed by atoms with Crippen LogP contribution in [0.5, 0.6) is 5.75 Å². The summed E-state index contributed by atoms with van der Waals surface area (Å²) < 4.78 is 8.08. The number of carbonyl (C=O) groups is 1. The van der Waals surface area contributed by atoms with E-state index in [1.807, 2.05) is 37.4 Å². The van der Waals surface area contributed by atoms with Crippen molar-refractivity contribution in [1.82, 2.24) is 20.1 Å². The normalized spacial score (nSPS) is 10.6. The topological polar surface area (TPSA) is 69.0 Å². The zero-order chi connectivity index (χ0) is 18.5. The zero-order valence-corrected chi connectivity index (χ0v) is 16.3. The maximum atomic E-state index is 12.0. The standard InChI is InChI=1S/C18H16BrClN4O2/c1-12-7-14(19)8-15(20)18(12)26-11-17(25)22-10-13-3-4-16(21-9-13)24-6-2-5-23-24/h2-9H,10-11H2,1H3,(H,22,25). The van der Waals surface area contributed by atoms with E-state index in [0.29, 0.717) is 23.1 Å². The van der Waals surface area contributed by atoms with Crippen molar-refractivity contribution in [3.63, 3.8) is 0 Å². The van der Waals surface area contributed by atoms with Gasteiger partial charge < -0.3 is 10.1 Å². The number of amides is 1. The number of aryl methyl sites for hydroxylation is 1. The fourth-order valence-corrected chi connectivity index (χ4v) is 3.35. The minimum Gasteiger partial charge on any atom is -0.482 e. The van der Waals surface area contributed by atoms with Crippen LogP contribution in [-0.2, 0) is 11.3 Å². The fourth-order valence-electron chi connectivity index (χ4n) is 2.32. The number of hydrogen-bond donors (Lipinski definition) is 1. The lowest BCUT2D eigenvalue weighted by Gasteiger charge is -2.12. The predicted molar refractivity (Wildman–Crippen MR) is 103 cm³/mol. The summed E-state index contributed by atoms with van der Waals surface area (Å²) in [7, 11) is 0. The van der Waals surface area contributed by atoms with Crippen molar-refractivity contribution in [3.8, 4) is 11.6 Å². The summed E-state index contributed by atoms with van der Waals surface area (Å²) in [5.74, 6) is 0.989. The number of nitrogens with one attached hydrogen (secondary N) is 1. The third-order valence-electron chi connectivity index (χ3n) is 3.58. The number of hydrogen-bond acceptors (Lipinski definition) is 4. The van der Waals surface area contributed by atoms with E-state index < -0.39 is 0 Å². The van der Waals surface area contributed by atoms with Gasteiger partial charge in [-0.05, 0) is 42.3 Å². The van der Waals surface area contributed by atoms with Crippen molar-refractivity contribution >= 4 is 33.4 Å². The van der Waals surface area contributed by atoms with Crippen molar-refractivity contribution in [2.75, 3.05) is 6.61 Å². The Hall–Kier alpha value is -2.38. The molecule has 0 saturated heterocycles. The molecule has 0 unspecified atom stereocenters. The maximum absolute atomic E-state index is 12.0. The van der Waals surface area contributed by atoms with E-state index in [1.54, 1.807) is 23.1 Å². The molecule has 134 valence electrons. The lowest BCUT2D eigenvalue weighted by Crippen LogP contribution is -2.28. The van der Waals surface area contributed by atoms with Gasteiger partial charge in [-0.25, -0.2) is 9.67 Å². The van der Waals surface area contributed by atoms with Crippen LogP contribution in [0.2, 0.25) is 5.02 Å². The van der Waals surface area contributed by atoms with Gasteiger partial charge in [-0.3, -0.25) is 4.79 Å². The number of nitrogens with zero attached hydrogens (tertiary/aromatic N) is 3. The van der Waals surface area contributed by atoms with Gasteiger partial charge in [0.05, 0.1) is 5.02 Å². The van der Waals surface area contributed by atoms with Crippen molar-refractivity contribution in [1.29, 1.82) is 0 Å². The SMILES string of the molecule is Cc1cc(Br)cc(Cl)c1OCC(=O)NCc1ccc(-n2cccn2)nc1. The number of pyridine rings is 1. The van der Waals surface area contributed by atoms with Crippen LogP contribution < -0.4 is 10.1 Å². The van der Waals surface area contributed by atoms with Crippen LogP contribution in [0.4, 0.5) is 0 Å². The van der Waals surface area contributed by atoms with Crippen LogP contribution in [0.25, 0.3) is 5.82 Å². The molecule has 0 atom stereocenters. The van der Waals surface area contributed by atoms with Gasteiger partial charge in [-0.15, -0.1) is 0 Å². The second kappa shape index (κ2) is 8.33. The van der Waals surface area contributed by atoms with E-state index >= 15 is 0 Å². The Bertz CT molecular complexity index is 875. The van der Waals surface area contributed by atoms with E-state index in [1.165, 1.54) is 0 Å². The average molecular weight is 436 g/mol. The van der Waals surface area contributed by atoms with Gasteiger partial charge in [0.2, 0.25) is 0 Å². The summed E-state index contributed by atoms with van der Waals surface area (Å²) in [4.78, 5) is 16.3. The first-order valence-electron chi connectivity index (χ1n) is 7.83. The van der Waals surface area contributed by atoms with Crippen LogP contribution in [0, 0.1) is 6.92 Å². The molecule has 0 radical (unpaired) electrons. The number of benzene rings is 1. The van der Waals surface area contributed by atoms with Crippen LogP contribution >= 0.6 is 27.5 Å². The molecule has 6 nitrogen and oxygen atoms in total. The van der Waals surface area contributed by atoms with Crippen LogP contribution in [-0.4, -0.2) is 27.3 Å². The fraction of sp³-hybridized carbons (Fsp3) is 0.167. The predicted octanol–water partition coefficient (Wildman–Crippen LogP) is 3.69. The highest BCUT2D eigenvalue weighted by molar-refractivity contribution is 9.10. The van der Waals surface area contributed by atoms with Gasteiger partial charge in [0.15, 0.2) is 12.4 Å². The molecule has 0 aliphatic carbocycles. The molecule has 0 aliphatic rings. The Morgan fingerprint density at radius 3 is 2.88 bits per heavy atom. The summed E-state index contributed by atoms with van der Waals surface area (Å²) in [6.45, 7) is 2.12. The van der Waals surface area contributed by atoms with Gasteiger partial charge in [-0.1, -0.05) is 33.6 Å². The quantitative estimate of drug-likeness (QED) is 0.641. The molecule has 2 aromatic heterocycles. The smallest absolute Gasteiger partial charge is 0.258 e. The Morgan fingerprint density at radius 1 is 1.38 bits per heavy atom. The summed E-state index contributed by atoms with van der Waals surface area (Å²) in [6, 6.07) is 9.17. The largest absolute Gasteiger partial charge is 0.482 e. The lowest BCUT2D eigenvalue weighted by molar-refractivity contribution is -0.123. The zero-order valence-electron chi connectivity index (χ0n) is 13.9. The molecule has 0 spiro atoms. The monoisotopic (exact) mass is 434 g/mol. The van der Waals surface area contributed by atoms with Crippen LogP contribution in [0.15, 0.2) is 53.4 Å². The van der Waals surface area contributed by atoms with E-state index in [2.05, 4.69) is 31.3 Å². The Balaban J connectivity index is 1.51. The van der Waals surface area contributed by atoms with Gasteiger partial charge in [0.25, 0.3) is 5.91 Å². The molecular weight excluding hydrogens is 420 g/mol. The third-order valence-corrected chi connectivity index (χ3v) is 4.32. The first kappa shape index (κ1) is 18.4. The van der Waals surface area contributed by atoms with Crippen molar-refractivity contribution < 1.29 is 9.53 Å². The van der Waals surface area contributed by atoms with E-state index in [0.717, 1.165) is 15.6 Å². The highest BCUT2D eigenvalue weighted by Gasteiger charge is 2.10. The minimum atomic E-state index is -0.237. The molecule has 1 amide bonds. The summed E-state index contributed by atoms with van der Waals surface area (Å²) >= 11 is 9.51. The molecule has 2 heterocycles. The molecule has 1 N–H and O–H groups in total. The number of halogens is 2. The van der Waals surface area contributed by atoms with Crippen LogP contribution in [0.3, 0.4) is 0 Å². The third kappa shape index (κ3) is 4.62. The molecule has 0 saturated carbocycles. The first-order chi connectivity index (χ1) is 12.5. The highest BCUT2D eigenvalue weighted by Crippen LogP contribution is 2.31. The number of rotatable bonds is 6. The van der Waals surface area contributed by atoms with Crippen molar-refractivity contribution in [2.45, 2.75) is 13.5 Å². The molecule has 0 aliphatic heterocycles. The van der Waals surface area contributed by atoms with Crippen molar-refractivity contribution in [2.24, 2.45) is 0 Å². The second-order valence-corrected chi connectivity index (χ2v) is 6.90. The lowest BCUT2D eigenvalue weighted by atomic mass is 10.2. The summed E-state index contributed by atoms with van der Waals surface area (Å²) in [5.41, 5.74) is 1.74. The molecular formula is C18H16BrClN4O2.